The summed E-state index contributed by atoms with van der Waals surface area (Å²) in [6.45, 7) is 2.27. The van der Waals surface area contributed by atoms with Crippen LogP contribution in [-0.4, -0.2) is 57.4 Å². The first-order chi connectivity index (χ1) is 12.6. The smallest absolute Gasteiger partial charge is 0.407 e. The lowest BCUT2D eigenvalue weighted by Gasteiger charge is -2.22. The Labute approximate surface area is 159 Å². The summed E-state index contributed by atoms with van der Waals surface area (Å²) in [7, 11) is 0. The zero-order valence-corrected chi connectivity index (χ0v) is 15.9. The number of hydrogen-bond donors (Lipinski definition) is 1. The van der Waals surface area contributed by atoms with Crippen molar-refractivity contribution in [2.45, 2.75) is 31.9 Å². The van der Waals surface area contributed by atoms with Gasteiger partial charge in [0.2, 0.25) is 0 Å². The maximum atomic E-state index is 11.0. The van der Waals surface area contributed by atoms with E-state index in [0.717, 1.165) is 42.3 Å². The van der Waals surface area contributed by atoms with Crippen molar-refractivity contribution in [3.8, 4) is 5.75 Å². The van der Waals surface area contributed by atoms with Crippen LogP contribution in [0.2, 0.25) is 0 Å². The molecule has 2 atom stereocenters. The number of ether oxygens (including phenoxy) is 2. The molecule has 140 valence electrons. The molecule has 1 aromatic heterocycles. The van der Waals surface area contributed by atoms with Crippen LogP contribution < -0.4 is 4.74 Å². The molecule has 2 aliphatic rings. The Morgan fingerprint density at radius 1 is 1.38 bits per heavy atom. The topological polar surface area (TPSA) is 89.7 Å². The monoisotopic (exact) mass is 424 g/mol. The quantitative estimate of drug-likeness (QED) is 0.809. The Kier molecular flexibility index (Phi) is 4.99. The summed E-state index contributed by atoms with van der Waals surface area (Å²) >= 11 is 3.53. The van der Waals surface area contributed by atoms with Gasteiger partial charge in [-0.1, -0.05) is 21.1 Å². The number of rotatable bonds is 4. The minimum atomic E-state index is -0.868. The summed E-state index contributed by atoms with van der Waals surface area (Å²) in [4.78, 5) is 12.5. The number of nitrogens with zero attached hydrogens (tertiary/aromatic N) is 4. The van der Waals surface area contributed by atoms with Gasteiger partial charge in [-0.15, -0.1) is 5.10 Å². The van der Waals surface area contributed by atoms with Crippen LogP contribution in [0.3, 0.4) is 0 Å². The van der Waals surface area contributed by atoms with Crippen molar-refractivity contribution in [3.63, 3.8) is 0 Å². The standard InChI is InChI=1S/C17H21BrN4O4/c18-12-7-13-16(19-20-22(13)15-3-1-2-6-25-15)14(8-12)26-10-11-4-5-21(9-11)17(23)24/h7-8,11,15H,1-6,9-10H2,(H,23,24)/t11-,15?/m0/s1. The fourth-order valence-corrected chi connectivity index (χ4v) is 3.99. The van der Waals surface area contributed by atoms with Gasteiger partial charge >= 0.3 is 6.09 Å². The molecule has 1 N–H and O–H groups in total. The van der Waals surface area contributed by atoms with Crippen LogP contribution in [0.15, 0.2) is 16.6 Å². The summed E-state index contributed by atoms with van der Waals surface area (Å²) in [5.74, 6) is 0.849. The molecular weight excluding hydrogens is 404 g/mol. The maximum Gasteiger partial charge on any atom is 0.407 e. The van der Waals surface area contributed by atoms with E-state index in [-0.39, 0.29) is 12.1 Å². The summed E-state index contributed by atoms with van der Waals surface area (Å²) < 4.78 is 14.5. The zero-order valence-electron chi connectivity index (χ0n) is 14.3. The Balaban J connectivity index is 1.52. The van der Waals surface area contributed by atoms with Crippen LogP contribution in [-0.2, 0) is 4.74 Å². The number of carbonyl (C=O) groups is 1. The maximum absolute atomic E-state index is 11.0. The number of likely N-dealkylation sites (tertiary alicyclic amines) is 1. The normalized spacial score (nSPS) is 23.5. The van der Waals surface area contributed by atoms with E-state index in [1.807, 2.05) is 16.8 Å². The Morgan fingerprint density at radius 2 is 2.27 bits per heavy atom. The number of fused-ring (bicyclic) bond motifs is 1. The zero-order chi connectivity index (χ0) is 18.1. The molecule has 1 amide bonds. The van der Waals surface area contributed by atoms with E-state index in [0.29, 0.717) is 31.0 Å². The minimum Gasteiger partial charge on any atom is -0.491 e. The van der Waals surface area contributed by atoms with Crippen LogP contribution in [0.25, 0.3) is 11.0 Å². The second-order valence-corrected chi connectivity index (χ2v) is 7.74. The fourth-order valence-electron chi connectivity index (χ4n) is 3.57. The molecule has 1 aromatic carbocycles. The summed E-state index contributed by atoms with van der Waals surface area (Å²) in [6.07, 6.45) is 2.98. The van der Waals surface area contributed by atoms with E-state index in [4.69, 9.17) is 14.6 Å². The predicted octanol–water partition coefficient (Wildman–Crippen LogP) is 3.27. The molecule has 26 heavy (non-hydrogen) atoms. The van der Waals surface area contributed by atoms with Crippen molar-refractivity contribution >= 4 is 33.1 Å². The van der Waals surface area contributed by atoms with Crippen molar-refractivity contribution in [1.82, 2.24) is 19.9 Å². The number of benzene rings is 1. The molecule has 0 bridgehead atoms. The highest BCUT2D eigenvalue weighted by Crippen LogP contribution is 2.32. The Hall–Kier alpha value is -1.87. The highest BCUT2D eigenvalue weighted by molar-refractivity contribution is 9.10. The molecule has 9 heteroatoms. The third kappa shape index (κ3) is 3.50. The Bertz CT molecular complexity index is 805. The number of amides is 1. The van der Waals surface area contributed by atoms with Gasteiger partial charge in [-0.25, -0.2) is 9.48 Å². The molecule has 0 aliphatic carbocycles. The summed E-state index contributed by atoms with van der Waals surface area (Å²) in [5, 5.41) is 17.7. The molecule has 1 unspecified atom stereocenters. The van der Waals surface area contributed by atoms with E-state index in [1.54, 1.807) is 0 Å². The van der Waals surface area contributed by atoms with Gasteiger partial charge in [0.05, 0.1) is 12.1 Å². The average Bonchev–Trinajstić information content (AvgIpc) is 3.27. The van der Waals surface area contributed by atoms with Crippen LogP contribution >= 0.6 is 15.9 Å². The SMILES string of the molecule is O=C(O)N1CC[C@H](COc2cc(Br)cc3c2nnn3C2CCCCO2)C1. The highest BCUT2D eigenvalue weighted by Gasteiger charge is 2.27. The molecule has 2 aromatic rings. The lowest BCUT2D eigenvalue weighted by atomic mass is 10.1. The van der Waals surface area contributed by atoms with Crippen molar-refractivity contribution in [2.24, 2.45) is 5.92 Å². The molecule has 2 fully saturated rings. The first-order valence-electron chi connectivity index (χ1n) is 8.88. The molecular formula is C17H21BrN4O4. The van der Waals surface area contributed by atoms with E-state index in [9.17, 15) is 4.79 Å². The molecule has 8 nitrogen and oxygen atoms in total. The van der Waals surface area contributed by atoms with Gasteiger partial charge in [-0.2, -0.15) is 0 Å². The van der Waals surface area contributed by atoms with Gasteiger partial charge in [0.25, 0.3) is 0 Å². The number of hydrogen-bond acceptors (Lipinski definition) is 5. The predicted molar refractivity (Wildman–Crippen MR) is 97.3 cm³/mol. The van der Waals surface area contributed by atoms with Gasteiger partial charge in [0, 0.05) is 30.1 Å². The third-order valence-corrected chi connectivity index (χ3v) is 5.42. The highest BCUT2D eigenvalue weighted by atomic mass is 79.9. The van der Waals surface area contributed by atoms with Gasteiger partial charge in [-0.3, -0.25) is 0 Å². The van der Waals surface area contributed by atoms with Gasteiger partial charge in [-0.05, 0) is 37.8 Å². The van der Waals surface area contributed by atoms with E-state index in [2.05, 4.69) is 26.2 Å². The second-order valence-electron chi connectivity index (χ2n) is 6.82. The molecule has 2 saturated heterocycles. The molecule has 0 radical (unpaired) electrons. The molecule has 0 saturated carbocycles. The minimum absolute atomic E-state index is 0.0881. The van der Waals surface area contributed by atoms with Crippen molar-refractivity contribution in [1.29, 1.82) is 0 Å². The summed E-state index contributed by atoms with van der Waals surface area (Å²) in [6, 6.07) is 3.86. The van der Waals surface area contributed by atoms with Gasteiger partial charge in [0.15, 0.2) is 11.7 Å². The van der Waals surface area contributed by atoms with Crippen LogP contribution in [0, 0.1) is 5.92 Å². The van der Waals surface area contributed by atoms with E-state index < -0.39 is 6.09 Å². The lowest BCUT2D eigenvalue weighted by Crippen LogP contribution is -2.27. The average molecular weight is 425 g/mol. The molecule has 3 heterocycles. The van der Waals surface area contributed by atoms with Crippen molar-refractivity contribution < 1.29 is 19.4 Å². The first-order valence-corrected chi connectivity index (χ1v) is 9.68. The van der Waals surface area contributed by atoms with E-state index >= 15 is 0 Å². The van der Waals surface area contributed by atoms with E-state index in [1.165, 1.54) is 4.90 Å². The molecule has 2 aliphatic heterocycles. The first kappa shape index (κ1) is 17.5. The molecule has 4 rings (SSSR count). The van der Waals surface area contributed by atoms with Crippen LogP contribution in [0.5, 0.6) is 5.75 Å². The molecule has 0 spiro atoms. The van der Waals surface area contributed by atoms with Crippen molar-refractivity contribution in [2.75, 3.05) is 26.3 Å². The fraction of sp³-hybridized carbons (Fsp3) is 0.588. The number of carboxylic acid groups (broad SMARTS) is 1. The van der Waals surface area contributed by atoms with Gasteiger partial charge in [0.1, 0.15) is 5.75 Å². The Morgan fingerprint density at radius 3 is 3.00 bits per heavy atom. The third-order valence-electron chi connectivity index (χ3n) is 4.97. The summed E-state index contributed by atoms with van der Waals surface area (Å²) in [5.41, 5.74) is 1.58. The number of halogens is 1. The lowest BCUT2D eigenvalue weighted by molar-refractivity contribution is -0.0377. The second kappa shape index (κ2) is 7.40. The number of aromatic nitrogens is 3. The largest absolute Gasteiger partial charge is 0.491 e. The van der Waals surface area contributed by atoms with Crippen molar-refractivity contribution in [3.05, 3.63) is 16.6 Å². The van der Waals surface area contributed by atoms with Crippen LogP contribution in [0.1, 0.15) is 31.9 Å². The van der Waals surface area contributed by atoms with Gasteiger partial charge < -0.3 is 19.5 Å². The van der Waals surface area contributed by atoms with Crippen LogP contribution in [0.4, 0.5) is 4.79 Å².